The van der Waals surface area contributed by atoms with Gasteiger partial charge in [0.05, 0.1) is 5.92 Å². The van der Waals surface area contributed by atoms with Gasteiger partial charge in [-0.15, -0.1) is 0 Å². The third-order valence-electron chi connectivity index (χ3n) is 3.77. The quantitative estimate of drug-likeness (QED) is 0.646. The van der Waals surface area contributed by atoms with E-state index in [1.165, 1.54) is 0 Å². The van der Waals surface area contributed by atoms with Crippen LogP contribution in [0, 0.1) is 12.8 Å². The molecule has 4 heteroatoms. The van der Waals surface area contributed by atoms with Crippen molar-refractivity contribution in [1.82, 2.24) is 0 Å². The lowest BCUT2D eigenvalue weighted by Crippen LogP contribution is -2.27. The van der Waals surface area contributed by atoms with E-state index in [2.05, 4.69) is 0 Å². The monoisotopic (exact) mass is 295 g/mol. The molecule has 0 aromatic heterocycles. The van der Waals surface area contributed by atoms with E-state index in [9.17, 15) is 9.59 Å². The van der Waals surface area contributed by atoms with Crippen LogP contribution in [0.5, 0.6) is 5.75 Å². The second kappa shape index (κ2) is 6.02. The Morgan fingerprint density at radius 3 is 2.45 bits per heavy atom. The molecule has 4 nitrogen and oxygen atoms in total. The molecular weight excluding hydrogens is 278 g/mol. The fourth-order valence-electron chi connectivity index (χ4n) is 2.53. The molecule has 0 spiro atoms. The Morgan fingerprint density at radius 1 is 1.09 bits per heavy atom. The topological polar surface area (TPSA) is 46.6 Å². The van der Waals surface area contributed by atoms with Gasteiger partial charge < -0.3 is 9.64 Å². The minimum Gasteiger partial charge on any atom is -0.426 e. The largest absolute Gasteiger partial charge is 0.426 e. The van der Waals surface area contributed by atoms with Gasteiger partial charge in [-0.05, 0) is 31.2 Å². The van der Waals surface area contributed by atoms with Gasteiger partial charge in [-0.3, -0.25) is 9.59 Å². The van der Waals surface area contributed by atoms with Gasteiger partial charge in [0.1, 0.15) is 5.75 Å². The SMILES string of the molecule is Cc1ccc(N2C[C@@H](C(=O)Oc3ccccc3)CC2=O)cc1. The lowest BCUT2D eigenvalue weighted by atomic mass is 10.1. The lowest BCUT2D eigenvalue weighted by molar-refractivity contribution is -0.139. The molecule has 1 aliphatic rings. The molecule has 1 fully saturated rings. The molecule has 1 amide bonds. The normalized spacial score (nSPS) is 17.6. The zero-order chi connectivity index (χ0) is 15.5. The first kappa shape index (κ1) is 14.3. The number of hydrogen-bond acceptors (Lipinski definition) is 3. The number of ether oxygens (including phenoxy) is 1. The van der Waals surface area contributed by atoms with Gasteiger partial charge in [0, 0.05) is 18.7 Å². The minimum atomic E-state index is -0.422. The van der Waals surface area contributed by atoms with Gasteiger partial charge in [0.25, 0.3) is 0 Å². The van der Waals surface area contributed by atoms with Crippen LogP contribution in [0.15, 0.2) is 54.6 Å². The maximum absolute atomic E-state index is 12.2. The molecule has 3 rings (SSSR count). The highest BCUT2D eigenvalue weighted by atomic mass is 16.5. The summed E-state index contributed by atoms with van der Waals surface area (Å²) in [6.07, 6.45) is 0.194. The third kappa shape index (κ3) is 3.01. The van der Waals surface area contributed by atoms with Gasteiger partial charge in [-0.25, -0.2) is 0 Å². The van der Waals surface area contributed by atoms with E-state index in [0.717, 1.165) is 11.3 Å². The highest BCUT2D eigenvalue weighted by molar-refractivity contribution is 5.99. The Morgan fingerprint density at radius 2 is 1.77 bits per heavy atom. The molecule has 112 valence electrons. The number of carbonyl (C=O) groups is 2. The van der Waals surface area contributed by atoms with Gasteiger partial charge in [0.15, 0.2) is 0 Å². The highest BCUT2D eigenvalue weighted by Crippen LogP contribution is 2.26. The van der Waals surface area contributed by atoms with E-state index >= 15 is 0 Å². The third-order valence-corrected chi connectivity index (χ3v) is 3.77. The van der Waals surface area contributed by atoms with E-state index < -0.39 is 5.92 Å². The van der Waals surface area contributed by atoms with Crippen LogP contribution >= 0.6 is 0 Å². The predicted octanol–water partition coefficient (Wildman–Crippen LogP) is 2.95. The van der Waals surface area contributed by atoms with E-state index in [-0.39, 0.29) is 18.3 Å². The van der Waals surface area contributed by atoms with Crippen molar-refractivity contribution >= 4 is 17.6 Å². The number of benzene rings is 2. The van der Waals surface area contributed by atoms with E-state index in [4.69, 9.17) is 4.74 Å². The van der Waals surface area contributed by atoms with E-state index in [1.54, 1.807) is 29.2 Å². The summed E-state index contributed by atoms with van der Waals surface area (Å²) < 4.78 is 5.33. The number of hydrogen-bond donors (Lipinski definition) is 0. The lowest BCUT2D eigenvalue weighted by Gasteiger charge is -2.16. The minimum absolute atomic E-state index is 0.0427. The molecule has 0 aliphatic carbocycles. The average molecular weight is 295 g/mol. The standard InChI is InChI=1S/C18H17NO3/c1-13-7-9-15(10-8-13)19-12-14(11-17(19)20)18(21)22-16-5-3-2-4-6-16/h2-10,14H,11-12H2,1H3/t14-/m0/s1. The number of carbonyl (C=O) groups excluding carboxylic acids is 2. The fourth-order valence-corrected chi connectivity index (χ4v) is 2.53. The van der Waals surface area contributed by atoms with Gasteiger partial charge >= 0.3 is 5.97 Å². The smallest absolute Gasteiger partial charge is 0.316 e. The molecule has 0 radical (unpaired) electrons. The summed E-state index contributed by atoms with van der Waals surface area (Å²) in [6.45, 7) is 2.36. The van der Waals surface area contributed by atoms with Gasteiger partial charge in [0.2, 0.25) is 5.91 Å². The number of aryl methyl sites for hydroxylation is 1. The summed E-state index contributed by atoms with van der Waals surface area (Å²) in [6, 6.07) is 16.6. The first-order chi connectivity index (χ1) is 10.6. The predicted molar refractivity (Wildman–Crippen MR) is 83.7 cm³/mol. The van der Waals surface area contributed by atoms with Crippen molar-refractivity contribution in [2.24, 2.45) is 5.92 Å². The zero-order valence-electron chi connectivity index (χ0n) is 12.4. The van der Waals surface area contributed by atoms with Crippen LogP contribution in [0.3, 0.4) is 0 Å². The van der Waals surface area contributed by atoms with Crippen LogP contribution in [0.4, 0.5) is 5.69 Å². The van der Waals surface area contributed by atoms with E-state index in [1.807, 2.05) is 37.3 Å². The number of rotatable bonds is 3. The fraction of sp³-hybridized carbons (Fsp3) is 0.222. The summed E-state index contributed by atoms with van der Waals surface area (Å²) in [5, 5.41) is 0. The Balaban J connectivity index is 1.69. The number of nitrogens with zero attached hydrogens (tertiary/aromatic N) is 1. The van der Waals surface area contributed by atoms with Crippen molar-refractivity contribution in [3.8, 4) is 5.75 Å². The first-order valence-corrected chi connectivity index (χ1v) is 7.27. The van der Waals surface area contributed by atoms with Crippen molar-refractivity contribution in [3.63, 3.8) is 0 Å². The number of para-hydroxylation sites is 1. The zero-order valence-corrected chi connectivity index (χ0v) is 12.4. The van der Waals surface area contributed by atoms with Crippen LogP contribution in [-0.4, -0.2) is 18.4 Å². The Labute approximate surface area is 129 Å². The van der Waals surface area contributed by atoms with Crippen molar-refractivity contribution in [2.75, 3.05) is 11.4 Å². The van der Waals surface area contributed by atoms with Gasteiger partial charge in [-0.2, -0.15) is 0 Å². The Kier molecular flexibility index (Phi) is 3.92. The number of esters is 1. The Bertz CT molecular complexity index is 679. The molecule has 0 unspecified atom stereocenters. The molecule has 0 N–H and O–H groups in total. The molecule has 1 saturated heterocycles. The molecule has 0 saturated carbocycles. The summed E-state index contributed by atoms with van der Waals surface area (Å²) in [5.41, 5.74) is 1.96. The van der Waals surface area contributed by atoms with Crippen molar-refractivity contribution in [1.29, 1.82) is 0 Å². The summed E-state index contributed by atoms with van der Waals surface area (Å²) in [7, 11) is 0. The molecule has 22 heavy (non-hydrogen) atoms. The average Bonchev–Trinajstić information content (AvgIpc) is 2.91. The number of anilines is 1. The van der Waals surface area contributed by atoms with Crippen LogP contribution < -0.4 is 9.64 Å². The van der Waals surface area contributed by atoms with Gasteiger partial charge in [-0.1, -0.05) is 35.9 Å². The molecule has 2 aromatic rings. The first-order valence-electron chi connectivity index (χ1n) is 7.27. The van der Waals surface area contributed by atoms with Crippen LogP contribution in [-0.2, 0) is 9.59 Å². The maximum Gasteiger partial charge on any atom is 0.316 e. The molecule has 1 aliphatic heterocycles. The molecule has 1 heterocycles. The molecule has 1 atom stereocenters. The van der Waals surface area contributed by atoms with Crippen molar-refractivity contribution in [3.05, 3.63) is 60.2 Å². The van der Waals surface area contributed by atoms with Crippen LogP contribution in [0.25, 0.3) is 0 Å². The summed E-state index contributed by atoms with van der Waals surface area (Å²) >= 11 is 0. The summed E-state index contributed by atoms with van der Waals surface area (Å²) in [5.74, 6) is -0.309. The maximum atomic E-state index is 12.2. The van der Waals surface area contributed by atoms with Crippen molar-refractivity contribution in [2.45, 2.75) is 13.3 Å². The molecule has 0 bridgehead atoms. The molecular formula is C18H17NO3. The second-order valence-corrected chi connectivity index (χ2v) is 5.48. The van der Waals surface area contributed by atoms with E-state index in [0.29, 0.717) is 12.3 Å². The highest BCUT2D eigenvalue weighted by Gasteiger charge is 2.36. The van der Waals surface area contributed by atoms with Crippen LogP contribution in [0.1, 0.15) is 12.0 Å². The number of amides is 1. The second-order valence-electron chi connectivity index (χ2n) is 5.48. The summed E-state index contributed by atoms with van der Waals surface area (Å²) in [4.78, 5) is 26.0. The van der Waals surface area contributed by atoms with Crippen LogP contribution in [0.2, 0.25) is 0 Å². The molecule has 2 aromatic carbocycles. The Hall–Kier alpha value is -2.62. The van der Waals surface area contributed by atoms with Crippen molar-refractivity contribution < 1.29 is 14.3 Å².